The molecule has 1 atom stereocenters. The molecule has 3 aromatic rings. The Bertz CT molecular complexity index is 1340. The van der Waals surface area contributed by atoms with E-state index >= 15 is 0 Å². The standard InChI is InChI=1S/C27H29N3O5S/c1-34-21-15-13-19(14-16-21)25(27(31)28-20-8-3-2-4-9-20)30(18-22-10-7-17-35-22)26-23-11-5-6-12-24(23)36(32,33)29-26/h5-7,10-17,20,25H,2-4,8-9,18H2,1H3,(H,28,31). The number of sulfonamides is 1. The monoisotopic (exact) mass is 507 g/mol. The van der Waals surface area contributed by atoms with Crippen LogP contribution >= 0.6 is 0 Å². The summed E-state index contributed by atoms with van der Waals surface area (Å²) in [6, 6.07) is 16.7. The molecule has 1 unspecified atom stereocenters. The van der Waals surface area contributed by atoms with Crippen LogP contribution in [0.25, 0.3) is 0 Å². The highest BCUT2D eigenvalue weighted by atomic mass is 32.2. The fourth-order valence-corrected chi connectivity index (χ4v) is 6.16. The summed E-state index contributed by atoms with van der Waals surface area (Å²) < 4.78 is 41.0. The second-order valence-electron chi connectivity index (χ2n) is 9.11. The number of fused-ring (bicyclic) bond motifs is 1. The Hall–Kier alpha value is -3.59. The van der Waals surface area contributed by atoms with Gasteiger partial charge < -0.3 is 19.4 Å². The van der Waals surface area contributed by atoms with E-state index < -0.39 is 16.1 Å². The molecule has 0 bridgehead atoms. The average Bonchev–Trinajstić information content (AvgIpc) is 3.50. The van der Waals surface area contributed by atoms with Crippen molar-refractivity contribution in [2.75, 3.05) is 7.11 Å². The molecule has 2 aliphatic rings. The number of carbonyl (C=O) groups is 1. The van der Waals surface area contributed by atoms with Crippen molar-refractivity contribution in [2.45, 2.75) is 55.6 Å². The van der Waals surface area contributed by atoms with E-state index in [4.69, 9.17) is 9.15 Å². The van der Waals surface area contributed by atoms with Crippen LogP contribution in [0.2, 0.25) is 0 Å². The van der Waals surface area contributed by atoms with Gasteiger partial charge in [0.25, 0.3) is 10.0 Å². The molecular weight excluding hydrogens is 478 g/mol. The quantitative estimate of drug-likeness (QED) is 0.508. The number of amidine groups is 1. The zero-order valence-electron chi connectivity index (χ0n) is 20.1. The molecule has 188 valence electrons. The van der Waals surface area contributed by atoms with E-state index in [1.165, 1.54) is 12.5 Å². The number of carbonyl (C=O) groups excluding carboxylic acids is 1. The Morgan fingerprint density at radius 2 is 1.83 bits per heavy atom. The SMILES string of the molecule is COc1ccc(C(C(=O)NC2CCCCC2)N(Cc2ccco2)C2=NS(=O)(=O)c3ccccc32)cc1. The van der Waals surface area contributed by atoms with Gasteiger partial charge in [-0.15, -0.1) is 4.40 Å². The summed E-state index contributed by atoms with van der Waals surface area (Å²) in [7, 11) is -2.31. The van der Waals surface area contributed by atoms with Crippen LogP contribution in [0.5, 0.6) is 5.75 Å². The molecule has 0 spiro atoms. The minimum atomic E-state index is -3.89. The van der Waals surface area contributed by atoms with Crippen LogP contribution in [0.4, 0.5) is 0 Å². The molecule has 5 rings (SSSR count). The van der Waals surface area contributed by atoms with Crippen molar-refractivity contribution in [1.29, 1.82) is 0 Å². The lowest BCUT2D eigenvalue weighted by Gasteiger charge is -2.34. The Balaban J connectivity index is 1.61. The van der Waals surface area contributed by atoms with Gasteiger partial charge in [-0.2, -0.15) is 8.42 Å². The molecule has 1 fully saturated rings. The number of ether oxygens (including phenoxy) is 1. The Morgan fingerprint density at radius 1 is 1.08 bits per heavy atom. The van der Waals surface area contributed by atoms with Crippen molar-refractivity contribution in [3.63, 3.8) is 0 Å². The largest absolute Gasteiger partial charge is 0.497 e. The minimum Gasteiger partial charge on any atom is -0.497 e. The van der Waals surface area contributed by atoms with Gasteiger partial charge in [0.1, 0.15) is 22.4 Å². The molecule has 1 aromatic heterocycles. The van der Waals surface area contributed by atoms with Gasteiger partial charge in [0, 0.05) is 11.6 Å². The highest BCUT2D eigenvalue weighted by Crippen LogP contribution is 2.34. The average molecular weight is 508 g/mol. The first-order valence-corrected chi connectivity index (χ1v) is 13.6. The predicted octanol–water partition coefficient (Wildman–Crippen LogP) is 4.43. The van der Waals surface area contributed by atoms with Gasteiger partial charge in [0.05, 0.1) is 19.9 Å². The van der Waals surface area contributed by atoms with Crippen molar-refractivity contribution in [2.24, 2.45) is 4.40 Å². The molecule has 0 radical (unpaired) electrons. The van der Waals surface area contributed by atoms with Crippen LogP contribution < -0.4 is 10.1 Å². The van der Waals surface area contributed by atoms with Gasteiger partial charge in [-0.05, 0) is 54.8 Å². The molecule has 8 nitrogen and oxygen atoms in total. The first-order chi connectivity index (χ1) is 17.5. The molecule has 1 saturated carbocycles. The smallest absolute Gasteiger partial charge is 0.285 e. The molecule has 1 aliphatic carbocycles. The van der Waals surface area contributed by atoms with Crippen LogP contribution in [-0.2, 0) is 21.4 Å². The third-order valence-electron chi connectivity index (χ3n) is 6.73. The lowest BCUT2D eigenvalue weighted by atomic mass is 9.94. The van der Waals surface area contributed by atoms with Crippen LogP contribution in [0.15, 0.2) is 80.6 Å². The Labute approximate surface area is 211 Å². The zero-order chi connectivity index (χ0) is 25.1. The number of rotatable bonds is 7. The third-order valence-corrected chi connectivity index (χ3v) is 8.06. The summed E-state index contributed by atoms with van der Waals surface area (Å²) in [5.74, 6) is 1.27. The lowest BCUT2D eigenvalue weighted by Crippen LogP contribution is -2.46. The highest BCUT2D eigenvalue weighted by Gasteiger charge is 2.38. The number of benzene rings is 2. The lowest BCUT2D eigenvalue weighted by molar-refractivity contribution is -0.126. The summed E-state index contributed by atoms with van der Waals surface area (Å²) in [5.41, 5.74) is 1.16. The van der Waals surface area contributed by atoms with Gasteiger partial charge in [0.15, 0.2) is 5.84 Å². The van der Waals surface area contributed by atoms with E-state index in [0.717, 1.165) is 25.7 Å². The van der Waals surface area contributed by atoms with Crippen LogP contribution in [0.1, 0.15) is 55.0 Å². The van der Waals surface area contributed by atoms with Gasteiger partial charge >= 0.3 is 0 Å². The molecule has 9 heteroatoms. The van der Waals surface area contributed by atoms with Crippen LogP contribution in [-0.4, -0.2) is 38.2 Å². The Kier molecular flexibility index (Phi) is 6.82. The number of hydrogen-bond donors (Lipinski definition) is 1. The van der Waals surface area contributed by atoms with Crippen molar-refractivity contribution in [3.05, 3.63) is 83.8 Å². The molecule has 1 aliphatic heterocycles. The first kappa shape index (κ1) is 24.1. The molecule has 2 aromatic carbocycles. The highest BCUT2D eigenvalue weighted by molar-refractivity contribution is 7.90. The van der Waals surface area contributed by atoms with Crippen LogP contribution in [0.3, 0.4) is 0 Å². The number of hydrogen-bond acceptors (Lipinski definition) is 6. The molecule has 36 heavy (non-hydrogen) atoms. The van der Waals surface area contributed by atoms with Gasteiger partial charge in [-0.1, -0.05) is 43.5 Å². The van der Waals surface area contributed by atoms with E-state index in [1.54, 1.807) is 60.7 Å². The fourth-order valence-electron chi connectivity index (χ4n) is 4.94. The summed E-state index contributed by atoms with van der Waals surface area (Å²) >= 11 is 0. The Morgan fingerprint density at radius 3 is 2.53 bits per heavy atom. The van der Waals surface area contributed by atoms with Crippen molar-refractivity contribution in [3.8, 4) is 5.75 Å². The summed E-state index contributed by atoms with van der Waals surface area (Å²) in [6.07, 6.45) is 6.73. The number of furan rings is 1. The summed E-state index contributed by atoms with van der Waals surface area (Å²) in [6.45, 7) is 0.157. The van der Waals surface area contributed by atoms with E-state index in [2.05, 4.69) is 9.71 Å². The second-order valence-corrected chi connectivity index (χ2v) is 10.7. The van der Waals surface area contributed by atoms with Crippen LogP contribution in [0, 0.1) is 0 Å². The third kappa shape index (κ3) is 4.88. The molecule has 0 saturated heterocycles. The number of nitrogens with zero attached hydrogens (tertiary/aromatic N) is 2. The number of methoxy groups -OCH3 is 1. The predicted molar refractivity (Wildman–Crippen MR) is 135 cm³/mol. The minimum absolute atomic E-state index is 0.0824. The van der Waals surface area contributed by atoms with E-state index in [9.17, 15) is 13.2 Å². The molecular formula is C27H29N3O5S. The van der Waals surface area contributed by atoms with Crippen molar-refractivity contribution in [1.82, 2.24) is 10.2 Å². The number of nitrogens with one attached hydrogen (secondary N) is 1. The topological polar surface area (TPSA) is 101 Å². The fraction of sp³-hybridized carbons (Fsp3) is 0.333. The van der Waals surface area contributed by atoms with E-state index in [0.29, 0.717) is 22.6 Å². The van der Waals surface area contributed by atoms with Gasteiger partial charge in [0.2, 0.25) is 5.91 Å². The van der Waals surface area contributed by atoms with Crippen molar-refractivity contribution >= 4 is 21.8 Å². The maximum Gasteiger partial charge on any atom is 0.285 e. The van der Waals surface area contributed by atoms with Gasteiger partial charge in [-0.3, -0.25) is 4.79 Å². The first-order valence-electron chi connectivity index (χ1n) is 12.1. The van der Waals surface area contributed by atoms with Crippen molar-refractivity contribution < 1.29 is 22.4 Å². The normalized spacial score (nSPS) is 17.6. The molecule has 1 N–H and O–H groups in total. The second kappa shape index (κ2) is 10.2. The molecule has 2 heterocycles. The number of amides is 1. The summed E-state index contributed by atoms with van der Waals surface area (Å²) in [5, 5.41) is 3.23. The summed E-state index contributed by atoms with van der Waals surface area (Å²) in [4.78, 5) is 15.8. The molecule has 1 amide bonds. The zero-order valence-corrected chi connectivity index (χ0v) is 20.9. The van der Waals surface area contributed by atoms with E-state index in [1.807, 2.05) is 12.1 Å². The van der Waals surface area contributed by atoms with Gasteiger partial charge in [-0.25, -0.2) is 0 Å². The van der Waals surface area contributed by atoms with E-state index in [-0.39, 0.29) is 29.2 Å². The maximum absolute atomic E-state index is 13.9. The maximum atomic E-state index is 13.9.